The third-order valence-corrected chi connectivity index (χ3v) is 5.70. The van der Waals surface area contributed by atoms with Gasteiger partial charge in [-0.15, -0.1) is 0 Å². The molecule has 2 aromatic rings. The highest BCUT2D eigenvalue weighted by atomic mass is 32.1. The van der Waals surface area contributed by atoms with Crippen LogP contribution in [0.2, 0.25) is 0 Å². The quantitative estimate of drug-likeness (QED) is 0.290. The van der Waals surface area contributed by atoms with E-state index in [1.54, 1.807) is 0 Å². The molecule has 1 aliphatic rings. The maximum Gasteiger partial charge on any atom is 0.345 e. The molecule has 0 amide bonds. The molecule has 154 valence electrons. The van der Waals surface area contributed by atoms with Crippen molar-refractivity contribution in [2.24, 2.45) is 0 Å². The lowest BCUT2D eigenvalue weighted by atomic mass is 9.99. The van der Waals surface area contributed by atoms with Crippen molar-refractivity contribution in [3.8, 4) is 0 Å². The average Bonchev–Trinajstić information content (AvgIpc) is 3.15. The number of nitrogens with zero attached hydrogens (tertiary/aromatic N) is 3. The summed E-state index contributed by atoms with van der Waals surface area (Å²) in [6, 6.07) is 6.38. The molecule has 1 aromatic carbocycles. The highest BCUT2D eigenvalue weighted by Gasteiger charge is 2.35. The summed E-state index contributed by atoms with van der Waals surface area (Å²) >= 11 is 0.863. The van der Waals surface area contributed by atoms with E-state index in [0.717, 1.165) is 29.6 Å². The van der Waals surface area contributed by atoms with Gasteiger partial charge in [-0.2, -0.15) is 0 Å². The first-order valence-electron chi connectivity index (χ1n) is 9.76. The smallest absolute Gasteiger partial charge is 0.345 e. The van der Waals surface area contributed by atoms with Gasteiger partial charge in [-0.1, -0.05) is 32.6 Å². The number of hydrogen-bond donors (Lipinski definition) is 2. The molecule has 0 atom stereocenters. The van der Waals surface area contributed by atoms with E-state index in [0.29, 0.717) is 0 Å². The van der Waals surface area contributed by atoms with Crippen molar-refractivity contribution >= 4 is 32.8 Å². The van der Waals surface area contributed by atoms with Crippen LogP contribution in [-0.4, -0.2) is 22.0 Å². The summed E-state index contributed by atoms with van der Waals surface area (Å²) in [5.74, 6) is 0. The maximum atomic E-state index is 9.93. The van der Waals surface area contributed by atoms with E-state index in [-0.39, 0.29) is 15.7 Å². The van der Waals surface area contributed by atoms with E-state index in [4.69, 9.17) is 11.5 Å². The van der Waals surface area contributed by atoms with Gasteiger partial charge in [0.2, 0.25) is 0 Å². The Morgan fingerprint density at radius 2 is 1.96 bits per heavy atom. The van der Waals surface area contributed by atoms with E-state index < -0.39 is 4.92 Å². The number of fused-ring (bicyclic) bond motifs is 1. The molecule has 4 N–H and O–H groups in total. The van der Waals surface area contributed by atoms with Crippen LogP contribution in [0, 0.1) is 10.1 Å². The standard InChI is InChI=1S/C17H28N2.C3H3N3O2S/c1-4-5-6-7-8-11-19-16-10-9-15(18)12-14(16)13-17(19,2)3;4-3-5-1-2(9-3)6(7)8/h9-10,12H,4-8,11,13,18H2,1-3H3;1H,(H2,4,5). The molecular formula is C20H31N5O2S. The van der Waals surface area contributed by atoms with Crippen LogP contribution >= 0.6 is 11.3 Å². The van der Waals surface area contributed by atoms with E-state index in [9.17, 15) is 10.1 Å². The molecule has 7 nitrogen and oxygen atoms in total. The highest BCUT2D eigenvalue weighted by Crippen LogP contribution is 2.39. The number of nitrogen functional groups attached to an aromatic ring is 2. The number of thiazole rings is 1. The number of aromatic nitrogens is 1. The van der Waals surface area contributed by atoms with Gasteiger partial charge in [-0.25, -0.2) is 4.98 Å². The highest BCUT2D eigenvalue weighted by molar-refractivity contribution is 7.18. The summed E-state index contributed by atoms with van der Waals surface area (Å²) in [4.78, 5) is 15.5. The molecule has 1 aliphatic heterocycles. The van der Waals surface area contributed by atoms with Crippen LogP contribution in [0.4, 0.5) is 21.5 Å². The third kappa shape index (κ3) is 5.82. The Hall–Kier alpha value is -2.35. The molecule has 0 saturated carbocycles. The number of anilines is 3. The van der Waals surface area contributed by atoms with Crippen molar-refractivity contribution in [1.29, 1.82) is 0 Å². The van der Waals surface area contributed by atoms with E-state index in [2.05, 4.69) is 42.8 Å². The number of unbranched alkanes of at least 4 members (excludes halogenated alkanes) is 4. The first-order chi connectivity index (χ1) is 13.2. The van der Waals surface area contributed by atoms with Gasteiger partial charge in [0.25, 0.3) is 0 Å². The van der Waals surface area contributed by atoms with Crippen LogP contribution in [0.25, 0.3) is 0 Å². The monoisotopic (exact) mass is 405 g/mol. The van der Waals surface area contributed by atoms with Crippen LogP contribution < -0.4 is 16.4 Å². The van der Waals surface area contributed by atoms with Gasteiger partial charge in [0, 0.05) is 23.5 Å². The minimum atomic E-state index is -0.520. The lowest BCUT2D eigenvalue weighted by molar-refractivity contribution is -0.380. The van der Waals surface area contributed by atoms with Crippen molar-refractivity contribution in [3.05, 3.63) is 40.1 Å². The molecule has 0 saturated heterocycles. The Kier molecular flexibility index (Phi) is 7.62. The molecular weight excluding hydrogens is 374 g/mol. The summed E-state index contributed by atoms with van der Waals surface area (Å²) < 4.78 is 0. The summed E-state index contributed by atoms with van der Waals surface area (Å²) in [6.07, 6.45) is 8.97. The van der Waals surface area contributed by atoms with Crippen molar-refractivity contribution < 1.29 is 4.92 Å². The summed E-state index contributed by atoms with van der Waals surface area (Å²) in [6.45, 7) is 8.13. The summed E-state index contributed by atoms with van der Waals surface area (Å²) in [7, 11) is 0. The summed E-state index contributed by atoms with van der Waals surface area (Å²) in [5, 5.41) is 10.1. The van der Waals surface area contributed by atoms with Gasteiger partial charge in [-0.3, -0.25) is 10.1 Å². The van der Waals surface area contributed by atoms with Crippen LogP contribution in [-0.2, 0) is 6.42 Å². The Labute approximate surface area is 170 Å². The lowest BCUT2D eigenvalue weighted by Gasteiger charge is -2.34. The fourth-order valence-corrected chi connectivity index (χ4v) is 4.06. The van der Waals surface area contributed by atoms with Gasteiger partial charge in [0.15, 0.2) is 5.13 Å². The van der Waals surface area contributed by atoms with Crippen molar-refractivity contribution in [1.82, 2.24) is 4.98 Å². The Morgan fingerprint density at radius 3 is 2.54 bits per heavy atom. The minimum absolute atomic E-state index is 0.0208. The number of nitrogens with two attached hydrogens (primary N) is 2. The zero-order valence-electron chi connectivity index (χ0n) is 17.0. The van der Waals surface area contributed by atoms with Crippen molar-refractivity contribution in [2.45, 2.75) is 64.8 Å². The molecule has 8 heteroatoms. The second kappa shape index (κ2) is 9.73. The fourth-order valence-electron chi connectivity index (χ4n) is 3.56. The van der Waals surface area contributed by atoms with Crippen LogP contribution in [0.3, 0.4) is 0 Å². The van der Waals surface area contributed by atoms with Crippen LogP contribution in [0.1, 0.15) is 58.4 Å². The predicted molar refractivity (Wildman–Crippen MR) is 118 cm³/mol. The largest absolute Gasteiger partial charge is 0.399 e. The zero-order chi connectivity index (χ0) is 20.7. The molecule has 28 heavy (non-hydrogen) atoms. The van der Waals surface area contributed by atoms with E-state index in [1.807, 2.05) is 6.07 Å². The van der Waals surface area contributed by atoms with Crippen molar-refractivity contribution in [3.63, 3.8) is 0 Å². The second-order valence-electron chi connectivity index (χ2n) is 7.74. The predicted octanol–water partition coefficient (Wildman–Crippen LogP) is 5.01. The topological polar surface area (TPSA) is 111 Å². The number of benzene rings is 1. The Bertz CT molecular complexity index is 791. The average molecular weight is 406 g/mol. The molecule has 1 aromatic heterocycles. The minimum Gasteiger partial charge on any atom is -0.399 e. The van der Waals surface area contributed by atoms with Gasteiger partial charge in [-0.05, 0) is 61.8 Å². The second-order valence-corrected chi connectivity index (χ2v) is 8.78. The fraction of sp³-hybridized carbons (Fsp3) is 0.550. The first kappa shape index (κ1) is 21.9. The van der Waals surface area contributed by atoms with Gasteiger partial charge in [0.1, 0.15) is 6.20 Å². The third-order valence-electron chi connectivity index (χ3n) is 4.92. The Morgan fingerprint density at radius 1 is 1.25 bits per heavy atom. The lowest BCUT2D eigenvalue weighted by Crippen LogP contribution is -2.41. The summed E-state index contributed by atoms with van der Waals surface area (Å²) in [5.41, 5.74) is 15.0. The molecule has 0 spiro atoms. The molecule has 0 fully saturated rings. The maximum absolute atomic E-state index is 9.93. The van der Waals surface area contributed by atoms with Crippen molar-refractivity contribution in [2.75, 3.05) is 22.9 Å². The first-order valence-corrected chi connectivity index (χ1v) is 10.6. The molecule has 0 bridgehead atoms. The van der Waals surface area contributed by atoms with Gasteiger partial charge in [0.05, 0.1) is 4.92 Å². The molecule has 0 aliphatic carbocycles. The SMILES string of the molecule is CCCCCCCN1c2ccc(N)cc2CC1(C)C.Nc1ncc([N+](=O)[O-])s1. The number of hydrogen-bond acceptors (Lipinski definition) is 7. The molecule has 0 radical (unpaired) electrons. The number of nitro groups is 1. The van der Waals surface area contributed by atoms with E-state index in [1.165, 1.54) is 49.9 Å². The van der Waals surface area contributed by atoms with Crippen LogP contribution in [0.5, 0.6) is 0 Å². The van der Waals surface area contributed by atoms with Crippen LogP contribution in [0.15, 0.2) is 24.4 Å². The Balaban J connectivity index is 0.000000261. The zero-order valence-corrected chi connectivity index (χ0v) is 17.8. The molecule has 3 rings (SSSR count). The molecule has 2 heterocycles. The van der Waals surface area contributed by atoms with Gasteiger partial charge < -0.3 is 16.4 Å². The molecule has 0 unspecified atom stereocenters. The number of rotatable bonds is 7. The van der Waals surface area contributed by atoms with E-state index >= 15 is 0 Å². The normalized spacial score (nSPS) is 14.3. The van der Waals surface area contributed by atoms with Gasteiger partial charge >= 0.3 is 5.00 Å².